The van der Waals surface area contributed by atoms with E-state index in [2.05, 4.69) is 32.7 Å². The second-order valence-corrected chi connectivity index (χ2v) is 6.16. The highest BCUT2D eigenvalue weighted by Crippen LogP contribution is 2.19. The molecule has 0 unspecified atom stereocenters. The van der Waals surface area contributed by atoms with Crippen molar-refractivity contribution in [3.05, 3.63) is 20.8 Å². The molecule has 3 nitrogen and oxygen atoms in total. The Labute approximate surface area is 114 Å². The molecule has 0 radical (unpaired) electrons. The van der Waals surface area contributed by atoms with Gasteiger partial charge in [-0.2, -0.15) is 0 Å². The third-order valence-corrected chi connectivity index (χ3v) is 4.59. The van der Waals surface area contributed by atoms with E-state index in [-0.39, 0.29) is 0 Å². The van der Waals surface area contributed by atoms with Crippen molar-refractivity contribution in [2.24, 2.45) is 0 Å². The molecule has 2 rings (SSSR count). The zero-order valence-electron chi connectivity index (χ0n) is 9.75. The van der Waals surface area contributed by atoms with Gasteiger partial charge in [-0.3, -0.25) is 4.79 Å². The van der Waals surface area contributed by atoms with Crippen molar-refractivity contribution in [2.75, 3.05) is 19.6 Å². The van der Waals surface area contributed by atoms with Gasteiger partial charge < -0.3 is 10.2 Å². The summed E-state index contributed by atoms with van der Waals surface area (Å²) in [5.74, 6) is 0.294. The van der Waals surface area contributed by atoms with Crippen molar-refractivity contribution in [3.8, 4) is 0 Å². The SMILES string of the molecule is O=C(CCNCc1cc(Br)cs1)N1CCCC1. The van der Waals surface area contributed by atoms with Crippen LogP contribution in [0.1, 0.15) is 24.1 Å². The minimum absolute atomic E-state index is 0.294. The predicted molar refractivity (Wildman–Crippen MR) is 74.2 cm³/mol. The molecular weight excluding hydrogens is 300 g/mol. The van der Waals surface area contributed by atoms with Gasteiger partial charge in [0.2, 0.25) is 5.91 Å². The summed E-state index contributed by atoms with van der Waals surface area (Å²) >= 11 is 5.16. The molecule has 1 aromatic heterocycles. The molecular formula is C12H17BrN2OS. The molecule has 0 spiro atoms. The Kier molecular flexibility index (Phi) is 5.00. The summed E-state index contributed by atoms with van der Waals surface area (Å²) in [6.45, 7) is 3.53. The molecule has 94 valence electrons. The summed E-state index contributed by atoms with van der Waals surface area (Å²) in [5, 5.41) is 5.39. The molecule has 1 amide bonds. The number of amides is 1. The first-order valence-corrected chi connectivity index (χ1v) is 7.64. The van der Waals surface area contributed by atoms with Crippen molar-refractivity contribution in [2.45, 2.75) is 25.8 Å². The highest BCUT2D eigenvalue weighted by molar-refractivity contribution is 9.10. The Hall–Kier alpha value is -0.390. The van der Waals surface area contributed by atoms with Crippen molar-refractivity contribution >= 4 is 33.2 Å². The maximum absolute atomic E-state index is 11.7. The van der Waals surface area contributed by atoms with Gasteiger partial charge in [0.25, 0.3) is 0 Å². The Morgan fingerprint density at radius 2 is 2.24 bits per heavy atom. The zero-order valence-corrected chi connectivity index (χ0v) is 12.1. The van der Waals surface area contributed by atoms with Gasteiger partial charge in [0.05, 0.1) is 0 Å². The van der Waals surface area contributed by atoms with Crippen LogP contribution < -0.4 is 5.32 Å². The molecule has 0 aliphatic carbocycles. The lowest BCUT2D eigenvalue weighted by molar-refractivity contribution is -0.130. The lowest BCUT2D eigenvalue weighted by Gasteiger charge is -2.14. The smallest absolute Gasteiger partial charge is 0.223 e. The molecule has 0 aromatic carbocycles. The first-order valence-electron chi connectivity index (χ1n) is 5.97. The lowest BCUT2D eigenvalue weighted by Crippen LogP contribution is -2.30. The Bertz CT molecular complexity index is 374. The van der Waals surface area contributed by atoms with Gasteiger partial charge in [-0.25, -0.2) is 0 Å². The zero-order chi connectivity index (χ0) is 12.1. The van der Waals surface area contributed by atoms with E-state index in [0.717, 1.165) is 30.7 Å². The van der Waals surface area contributed by atoms with Crippen molar-refractivity contribution in [1.29, 1.82) is 0 Å². The van der Waals surface area contributed by atoms with E-state index < -0.39 is 0 Å². The highest BCUT2D eigenvalue weighted by Gasteiger charge is 2.16. The molecule has 0 atom stereocenters. The van der Waals surface area contributed by atoms with Crippen molar-refractivity contribution < 1.29 is 4.79 Å². The minimum Gasteiger partial charge on any atom is -0.343 e. The number of hydrogen-bond acceptors (Lipinski definition) is 3. The minimum atomic E-state index is 0.294. The summed E-state index contributed by atoms with van der Waals surface area (Å²) in [4.78, 5) is 15.0. The molecule has 5 heteroatoms. The number of carbonyl (C=O) groups excluding carboxylic acids is 1. The topological polar surface area (TPSA) is 32.3 Å². The highest BCUT2D eigenvalue weighted by atomic mass is 79.9. The average molecular weight is 317 g/mol. The molecule has 1 aliphatic heterocycles. The molecule has 1 fully saturated rings. The van der Waals surface area contributed by atoms with Gasteiger partial charge in [-0.1, -0.05) is 0 Å². The quantitative estimate of drug-likeness (QED) is 0.847. The second kappa shape index (κ2) is 6.52. The number of halogens is 1. The van der Waals surface area contributed by atoms with Crippen LogP contribution in [-0.2, 0) is 11.3 Å². The van der Waals surface area contributed by atoms with E-state index in [9.17, 15) is 4.79 Å². The van der Waals surface area contributed by atoms with E-state index in [1.54, 1.807) is 11.3 Å². The van der Waals surface area contributed by atoms with E-state index in [1.807, 2.05) is 4.90 Å². The summed E-state index contributed by atoms with van der Waals surface area (Å²) in [7, 11) is 0. The Balaban J connectivity index is 1.61. The van der Waals surface area contributed by atoms with Crippen LogP contribution in [0.2, 0.25) is 0 Å². The van der Waals surface area contributed by atoms with Crippen molar-refractivity contribution in [1.82, 2.24) is 10.2 Å². The summed E-state index contributed by atoms with van der Waals surface area (Å²) < 4.78 is 1.13. The fourth-order valence-electron chi connectivity index (χ4n) is 1.98. The van der Waals surface area contributed by atoms with E-state index >= 15 is 0 Å². The molecule has 1 aliphatic rings. The number of rotatable bonds is 5. The number of nitrogens with one attached hydrogen (secondary N) is 1. The second-order valence-electron chi connectivity index (χ2n) is 4.25. The van der Waals surface area contributed by atoms with E-state index in [1.165, 1.54) is 17.7 Å². The Morgan fingerprint density at radius 1 is 1.47 bits per heavy atom. The number of likely N-dealkylation sites (tertiary alicyclic amines) is 1. The van der Waals surface area contributed by atoms with Crippen LogP contribution >= 0.6 is 27.3 Å². The first-order chi connectivity index (χ1) is 8.25. The number of carbonyl (C=O) groups is 1. The van der Waals surface area contributed by atoms with Gasteiger partial charge in [0.1, 0.15) is 0 Å². The molecule has 1 N–H and O–H groups in total. The fourth-order valence-corrected chi connectivity index (χ4v) is 3.40. The van der Waals surface area contributed by atoms with Gasteiger partial charge in [-0.15, -0.1) is 11.3 Å². The Morgan fingerprint density at radius 3 is 2.88 bits per heavy atom. The molecule has 17 heavy (non-hydrogen) atoms. The molecule has 1 saturated heterocycles. The standard InChI is InChI=1S/C12H17BrN2OS/c13-10-7-11(17-9-10)8-14-4-3-12(16)15-5-1-2-6-15/h7,9,14H,1-6,8H2. The number of thiophene rings is 1. The molecule has 0 saturated carbocycles. The maximum atomic E-state index is 11.7. The lowest BCUT2D eigenvalue weighted by atomic mass is 10.3. The van der Waals surface area contributed by atoms with Crippen LogP contribution in [0.25, 0.3) is 0 Å². The summed E-state index contributed by atoms with van der Waals surface area (Å²) in [6, 6.07) is 2.11. The van der Waals surface area contributed by atoms with Gasteiger partial charge >= 0.3 is 0 Å². The summed E-state index contributed by atoms with van der Waals surface area (Å²) in [6.07, 6.45) is 2.96. The van der Waals surface area contributed by atoms with Crippen LogP contribution in [0.4, 0.5) is 0 Å². The summed E-state index contributed by atoms with van der Waals surface area (Å²) in [5.41, 5.74) is 0. The number of nitrogens with zero attached hydrogens (tertiary/aromatic N) is 1. The van der Waals surface area contributed by atoms with Gasteiger partial charge in [-0.05, 0) is 34.8 Å². The van der Waals surface area contributed by atoms with E-state index in [4.69, 9.17) is 0 Å². The van der Waals surface area contributed by atoms with E-state index in [0.29, 0.717) is 12.3 Å². The van der Waals surface area contributed by atoms with Crippen LogP contribution in [0, 0.1) is 0 Å². The van der Waals surface area contributed by atoms with Crippen molar-refractivity contribution in [3.63, 3.8) is 0 Å². The van der Waals surface area contributed by atoms with Gasteiger partial charge in [0.15, 0.2) is 0 Å². The first kappa shape index (κ1) is 13.1. The van der Waals surface area contributed by atoms with Crippen LogP contribution in [0.5, 0.6) is 0 Å². The molecule has 0 bridgehead atoms. The third-order valence-electron chi connectivity index (χ3n) is 2.90. The van der Waals surface area contributed by atoms with Crippen LogP contribution in [0.15, 0.2) is 15.9 Å². The van der Waals surface area contributed by atoms with Crippen LogP contribution in [-0.4, -0.2) is 30.4 Å². The predicted octanol–water partition coefficient (Wildman–Crippen LogP) is 2.61. The largest absolute Gasteiger partial charge is 0.343 e. The maximum Gasteiger partial charge on any atom is 0.223 e. The average Bonchev–Trinajstić information content (AvgIpc) is 2.95. The molecule has 2 heterocycles. The third kappa shape index (κ3) is 4.08. The monoisotopic (exact) mass is 316 g/mol. The van der Waals surface area contributed by atoms with Gasteiger partial charge in [0, 0.05) is 47.3 Å². The molecule has 1 aromatic rings. The fraction of sp³-hybridized carbons (Fsp3) is 0.583. The normalized spacial score (nSPS) is 15.5. The number of hydrogen-bond donors (Lipinski definition) is 1. The van der Waals surface area contributed by atoms with Crippen LogP contribution in [0.3, 0.4) is 0 Å².